The van der Waals surface area contributed by atoms with Gasteiger partial charge in [0.2, 0.25) is 0 Å². The molecule has 3 aromatic rings. The van der Waals surface area contributed by atoms with Gasteiger partial charge in [0, 0.05) is 44.5 Å². The van der Waals surface area contributed by atoms with E-state index >= 15 is 0 Å². The van der Waals surface area contributed by atoms with Crippen LogP contribution in [0, 0.1) is 0 Å². The van der Waals surface area contributed by atoms with Crippen molar-refractivity contribution >= 4 is 5.69 Å². The SMILES string of the molecule is C[C@H]1Cc2cc(-c3cnn(C)c3)ccc2[C@H](c2ccc(NC3CN(CCCF)C3)cn2)N1CC(F)(F)F. The molecule has 6 nitrogen and oxygen atoms in total. The lowest BCUT2D eigenvalue weighted by Gasteiger charge is -2.42. The summed E-state index contributed by atoms with van der Waals surface area (Å²) in [7, 11) is 1.85. The van der Waals surface area contributed by atoms with Crippen LogP contribution in [0.1, 0.15) is 36.2 Å². The molecule has 2 aliphatic rings. The smallest absolute Gasteiger partial charge is 0.378 e. The Balaban J connectivity index is 1.40. The maximum Gasteiger partial charge on any atom is 0.401 e. The van der Waals surface area contributed by atoms with Gasteiger partial charge >= 0.3 is 6.18 Å². The third-order valence-corrected chi connectivity index (χ3v) is 7.25. The Hall–Kier alpha value is -2.98. The highest BCUT2D eigenvalue weighted by Gasteiger charge is 2.41. The number of nitrogens with one attached hydrogen (secondary N) is 1. The first kappa shape index (κ1) is 25.7. The second kappa shape index (κ2) is 10.4. The average Bonchev–Trinajstić information content (AvgIpc) is 3.26. The van der Waals surface area contributed by atoms with Gasteiger partial charge in [-0.05, 0) is 48.6 Å². The van der Waals surface area contributed by atoms with E-state index in [4.69, 9.17) is 0 Å². The highest BCUT2D eigenvalue weighted by molar-refractivity contribution is 5.64. The Morgan fingerprint density at radius 1 is 1.08 bits per heavy atom. The number of aryl methyl sites for hydroxylation is 1. The molecule has 37 heavy (non-hydrogen) atoms. The number of anilines is 1. The molecule has 1 fully saturated rings. The summed E-state index contributed by atoms with van der Waals surface area (Å²) in [6.45, 7) is 2.98. The van der Waals surface area contributed by atoms with Crippen LogP contribution in [0.4, 0.5) is 23.2 Å². The fraction of sp³-hybridized carbons (Fsp3) is 0.481. The predicted molar refractivity (Wildman–Crippen MR) is 135 cm³/mol. The third-order valence-electron chi connectivity index (χ3n) is 7.25. The molecule has 4 heterocycles. The number of nitrogens with zero attached hydrogens (tertiary/aromatic N) is 5. The summed E-state index contributed by atoms with van der Waals surface area (Å²) >= 11 is 0. The Kier molecular flexibility index (Phi) is 7.22. The maximum absolute atomic E-state index is 13.6. The average molecular weight is 517 g/mol. The van der Waals surface area contributed by atoms with Crippen LogP contribution in [0.5, 0.6) is 0 Å². The second-order valence-corrected chi connectivity index (χ2v) is 10.2. The Morgan fingerprint density at radius 2 is 1.89 bits per heavy atom. The zero-order valence-corrected chi connectivity index (χ0v) is 21.0. The van der Waals surface area contributed by atoms with Crippen LogP contribution in [0.15, 0.2) is 48.9 Å². The molecule has 1 aromatic carbocycles. The molecule has 2 atom stereocenters. The lowest BCUT2D eigenvalue weighted by Crippen LogP contribution is -2.54. The summed E-state index contributed by atoms with van der Waals surface area (Å²) in [6.07, 6.45) is 2.17. The van der Waals surface area contributed by atoms with Crippen molar-refractivity contribution in [3.63, 3.8) is 0 Å². The molecule has 198 valence electrons. The standard InChI is InChI=1S/C27H32F4N6/c1-18-10-20-11-19(21-12-33-35(2)14-21)4-6-24(20)26(37(18)17-27(29,30)31)25-7-5-22(13-32-25)34-23-15-36(16-23)9-3-8-28/h4-7,11-14,18,23,26,34H,3,8-10,15-17H2,1-2H3/t18-,26+/m0/s1. The van der Waals surface area contributed by atoms with Crippen LogP contribution in [-0.2, 0) is 13.5 Å². The number of pyridine rings is 1. The normalized spacial score (nSPS) is 21.0. The Labute approximate surface area is 214 Å². The van der Waals surface area contributed by atoms with E-state index in [0.29, 0.717) is 18.5 Å². The lowest BCUT2D eigenvalue weighted by atomic mass is 9.85. The van der Waals surface area contributed by atoms with Crippen molar-refractivity contribution in [3.05, 3.63) is 65.7 Å². The number of likely N-dealkylation sites (tertiary alicyclic amines) is 1. The number of benzene rings is 1. The van der Waals surface area contributed by atoms with E-state index < -0.39 is 18.8 Å². The molecule has 1 N–H and O–H groups in total. The van der Waals surface area contributed by atoms with E-state index in [1.807, 2.05) is 44.4 Å². The summed E-state index contributed by atoms with van der Waals surface area (Å²) in [5.74, 6) is 0. The molecule has 0 spiro atoms. The van der Waals surface area contributed by atoms with Gasteiger partial charge < -0.3 is 5.32 Å². The van der Waals surface area contributed by atoms with Gasteiger partial charge in [0.15, 0.2) is 0 Å². The van der Waals surface area contributed by atoms with Crippen LogP contribution in [0.2, 0.25) is 0 Å². The van der Waals surface area contributed by atoms with E-state index in [2.05, 4.69) is 26.4 Å². The van der Waals surface area contributed by atoms with Gasteiger partial charge in [-0.1, -0.05) is 18.2 Å². The minimum absolute atomic E-state index is 0.260. The lowest BCUT2D eigenvalue weighted by molar-refractivity contribution is -0.155. The largest absolute Gasteiger partial charge is 0.401 e. The highest BCUT2D eigenvalue weighted by Crippen LogP contribution is 2.40. The van der Waals surface area contributed by atoms with E-state index in [-0.39, 0.29) is 18.8 Å². The zero-order chi connectivity index (χ0) is 26.2. The Bertz CT molecular complexity index is 1200. The molecule has 0 unspecified atom stereocenters. The van der Waals surface area contributed by atoms with Crippen molar-refractivity contribution in [3.8, 4) is 11.1 Å². The van der Waals surface area contributed by atoms with Gasteiger partial charge in [-0.3, -0.25) is 23.9 Å². The zero-order valence-electron chi connectivity index (χ0n) is 21.0. The number of alkyl halides is 4. The molecule has 0 saturated carbocycles. The van der Waals surface area contributed by atoms with Crippen LogP contribution < -0.4 is 5.32 Å². The van der Waals surface area contributed by atoms with Gasteiger partial charge in [-0.25, -0.2) is 0 Å². The van der Waals surface area contributed by atoms with Crippen molar-refractivity contribution in [2.45, 2.75) is 44.1 Å². The number of rotatable bonds is 8. The van der Waals surface area contributed by atoms with Crippen LogP contribution in [-0.4, -0.2) is 75.7 Å². The molecule has 0 bridgehead atoms. The van der Waals surface area contributed by atoms with Crippen molar-refractivity contribution in [2.24, 2.45) is 7.05 Å². The Morgan fingerprint density at radius 3 is 2.54 bits per heavy atom. The van der Waals surface area contributed by atoms with Crippen LogP contribution in [0.25, 0.3) is 11.1 Å². The van der Waals surface area contributed by atoms with Crippen LogP contribution in [0.3, 0.4) is 0 Å². The van der Waals surface area contributed by atoms with Crippen molar-refractivity contribution < 1.29 is 17.6 Å². The number of hydrogen-bond acceptors (Lipinski definition) is 5. The first-order valence-corrected chi connectivity index (χ1v) is 12.7. The first-order chi connectivity index (χ1) is 17.7. The topological polar surface area (TPSA) is 49.2 Å². The summed E-state index contributed by atoms with van der Waals surface area (Å²) in [5, 5.41) is 7.66. The van der Waals surface area contributed by atoms with E-state index in [1.165, 1.54) is 4.90 Å². The van der Waals surface area contributed by atoms with Crippen molar-refractivity contribution in [1.82, 2.24) is 24.6 Å². The number of halogens is 4. The molecule has 2 aromatic heterocycles. The van der Waals surface area contributed by atoms with Gasteiger partial charge in [0.25, 0.3) is 0 Å². The molecular weight excluding hydrogens is 484 g/mol. The van der Waals surface area contributed by atoms with E-state index in [9.17, 15) is 17.6 Å². The second-order valence-electron chi connectivity index (χ2n) is 10.2. The fourth-order valence-electron chi connectivity index (χ4n) is 5.47. The molecule has 10 heteroatoms. The predicted octanol–water partition coefficient (Wildman–Crippen LogP) is 4.84. The third kappa shape index (κ3) is 5.80. The molecular formula is C27H32F4N6. The van der Waals surface area contributed by atoms with Crippen molar-refractivity contribution in [2.75, 3.05) is 38.2 Å². The number of hydrogen-bond donors (Lipinski definition) is 1. The van der Waals surface area contributed by atoms with Crippen molar-refractivity contribution in [1.29, 1.82) is 0 Å². The van der Waals surface area contributed by atoms with Gasteiger partial charge in [0.1, 0.15) is 0 Å². The van der Waals surface area contributed by atoms with Gasteiger partial charge in [-0.15, -0.1) is 0 Å². The monoisotopic (exact) mass is 516 g/mol. The molecule has 1 saturated heterocycles. The molecule has 5 rings (SSSR count). The summed E-state index contributed by atoms with van der Waals surface area (Å²) in [6, 6.07) is 9.02. The summed E-state index contributed by atoms with van der Waals surface area (Å²) < 4.78 is 55.0. The fourth-order valence-corrected chi connectivity index (χ4v) is 5.47. The quantitative estimate of drug-likeness (QED) is 0.435. The molecule has 0 radical (unpaired) electrons. The summed E-state index contributed by atoms with van der Waals surface area (Å²) in [4.78, 5) is 8.33. The molecule has 0 aliphatic carbocycles. The molecule has 2 aliphatic heterocycles. The highest BCUT2D eigenvalue weighted by atomic mass is 19.4. The first-order valence-electron chi connectivity index (χ1n) is 12.7. The minimum Gasteiger partial charge on any atom is -0.378 e. The van der Waals surface area contributed by atoms with Gasteiger partial charge in [-0.2, -0.15) is 18.3 Å². The minimum atomic E-state index is -4.32. The number of aromatic nitrogens is 3. The summed E-state index contributed by atoms with van der Waals surface area (Å²) in [5.41, 5.74) is 5.28. The molecule has 0 amide bonds. The van der Waals surface area contributed by atoms with Crippen LogP contribution >= 0.6 is 0 Å². The van der Waals surface area contributed by atoms with Gasteiger partial charge in [0.05, 0.1) is 49.1 Å². The maximum atomic E-state index is 13.6. The van der Waals surface area contributed by atoms with E-state index in [1.54, 1.807) is 17.1 Å². The van der Waals surface area contributed by atoms with E-state index in [0.717, 1.165) is 47.6 Å². The number of fused-ring (bicyclic) bond motifs is 1.